The van der Waals surface area contributed by atoms with E-state index in [1.54, 1.807) is 7.11 Å². The molecule has 0 saturated carbocycles. The summed E-state index contributed by atoms with van der Waals surface area (Å²) in [7, 11) is 1.72. The Morgan fingerprint density at radius 3 is 2.32 bits per heavy atom. The van der Waals surface area contributed by atoms with Gasteiger partial charge in [0.2, 0.25) is 0 Å². The second kappa shape index (κ2) is 8.99. The molecule has 0 amide bonds. The fraction of sp³-hybridized carbons (Fsp3) is 0.733. The van der Waals surface area contributed by atoms with Crippen molar-refractivity contribution < 1.29 is 4.74 Å². The van der Waals surface area contributed by atoms with Gasteiger partial charge in [0.15, 0.2) is 0 Å². The summed E-state index contributed by atoms with van der Waals surface area (Å²) < 4.78 is 5.01. The predicted octanol–water partition coefficient (Wildman–Crippen LogP) is 2.21. The number of rotatable bonds is 9. The van der Waals surface area contributed by atoms with Crippen LogP contribution in [0.25, 0.3) is 0 Å². The number of nitrogens with zero attached hydrogens (tertiary/aromatic N) is 2. The fourth-order valence-electron chi connectivity index (χ4n) is 2.13. The molecule has 0 aromatic carbocycles. The van der Waals surface area contributed by atoms with Crippen molar-refractivity contribution in [2.45, 2.75) is 46.5 Å². The quantitative estimate of drug-likeness (QED) is 0.695. The summed E-state index contributed by atoms with van der Waals surface area (Å²) >= 11 is 0. The van der Waals surface area contributed by atoms with Crippen molar-refractivity contribution in [3.8, 4) is 0 Å². The van der Waals surface area contributed by atoms with Crippen LogP contribution in [0.4, 0.5) is 0 Å². The average molecular weight is 265 g/mol. The Morgan fingerprint density at radius 2 is 1.74 bits per heavy atom. The Kier molecular flexibility index (Phi) is 7.60. The summed E-state index contributed by atoms with van der Waals surface area (Å²) in [5, 5.41) is 3.36. The molecule has 0 fully saturated rings. The van der Waals surface area contributed by atoms with Crippen LogP contribution >= 0.6 is 0 Å². The monoisotopic (exact) mass is 265 g/mol. The first kappa shape index (κ1) is 16.1. The Morgan fingerprint density at radius 1 is 1.05 bits per heavy atom. The molecule has 1 N–H and O–H groups in total. The number of aryl methyl sites for hydroxylation is 3. The Hall–Kier alpha value is -1.00. The minimum absolute atomic E-state index is 0.754. The third-order valence-corrected chi connectivity index (χ3v) is 3.26. The Bertz CT molecular complexity index is 357. The fourth-order valence-corrected chi connectivity index (χ4v) is 2.13. The van der Waals surface area contributed by atoms with Gasteiger partial charge in [-0.2, -0.15) is 0 Å². The lowest BCUT2D eigenvalue weighted by atomic mass is 10.1. The second-order valence-corrected chi connectivity index (χ2v) is 4.89. The summed E-state index contributed by atoms with van der Waals surface area (Å²) in [5.74, 6) is 0.993. The van der Waals surface area contributed by atoms with Crippen molar-refractivity contribution in [3.05, 3.63) is 22.8 Å². The van der Waals surface area contributed by atoms with E-state index in [9.17, 15) is 0 Å². The smallest absolute Gasteiger partial charge is 0.128 e. The van der Waals surface area contributed by atoms with E-state index in [0.29, 0.717) is 0 Å². The molecule has 1 aromatic rings. The zero-order valence-corrected chi connectivity index (χ0v) is 12.8. The molecule has 1 rings (SSSR count). The number of nitrogens with one attached hydrogen (secondary N) is 1. The topological polar surface area (TPSA) is 47.0 Å². The summed E-state index contributed by atoms with van der Waals surface area (Å²) in [5.41, 5.74) is 3.55. The van der Waals surface area contributed by atoms with Gasteiger partial charge in [0, 0.05) is 31.5 Å². The number of hydrogen-bond donors (Lipinski definition) is 1. The lowest BCUT2D eigenvalue weighted by Gasteiger charge is -2.11. The van der Waals surface area contributed by atoms with Crippen LogP contribution in [-0.4, -0.2) is 36.8 Å². The van der Waals surface area contributed by atoms with E-state index in [-0.39, 0.29) is 0 Å². The molecule has 19 heavy (non-hydrogen) atoms. The highest BCUT2D eigenvalue weighted by atomic mass is 16.5. The SMILES string of the molecule is CCCCc1nc(C)c(CCNCCOC)c(C)n1. The van der Waals surface area contributed by atoms with Crippen LogP contribution in [0.5, 0.6) is 0 Å². The normalized spacial score (nSPS) is 10.9. The molecule has 108 valence electrons. The number of methoxy groups -OCH3 is 1. The van der Waals surface area contributed by atoms with Gasteiger partial charge < -0.3 is 10.1 Å². The molecule has 1 heterocycles. The predicted molar refractivity (Wildman–Crippen MR) is 78.6 cm³/mol. The maximum absolute atomic E-state index is 5.01. The first-order valence-corrected chi connectivity index (χ1v) is 7.21. The maximum atomic E-state index is 5.01. The summed E-state index contributed by atoms with van der Waals surface area (Å²) in [4.78, 5) is 9.25. The van der Waals surface area contributed by atoms with E-state index in [0.717, 1.165) is 56.2 Å². The standard InChI is InChI=1S/C15H27N3O/c1-5-6-7-15-17-12(2)14(13(3)18-15)8-9-16-10-11-19-4/h16H,5-11H2,1-4H3. The highest BCUT2D eigenvalue weighted by Crippen LogP contribution is 2.12. The average Bonchev–Trinajstić information content (AvgIpc) is 2.38. The molecule has 0 bridgehead atoms. The maximum Gasteiger partial charge on any atom is 0.128 e. The lowest BCUT2D eigenvalue weighted by molar-refractivity contribution is 0.199. The van der Waals surface area contributed by atoms with Crippen molar-refractivity contribution in [1.82, 2.24) is 15.3 Å². The third kappa shape index (κ3) is 5.66. The van der Waals surface area contributed by atoms with Crippen molar-refractivity contribution in [1.29, 1.82) is 0 Å². The summed E-state index contributed by atoms with van der Waals surface area (Å²) in [6, 6.07) is 0. The van der Waals surface area contributed by atoms with Crippen LogP contribution in [0.1, 0.15) is 42.5 Å². The second-order valence-electron chi connectivity index (χ2n) is 4.89. The molecular weight excluding hydrogens is 238 g/mol. The molecule has 4 nitrogen and oxygen atoms in total. The van der Waals surface area contributed by atoms with E-state index >= 15 is 0 Å². The van der Waals surface area contributed by atoms with Gasteiger partial charge in [-0.15, -0.1) is 0 Å². The van der Waals surface area contributed by atoms with E-state index in [1.807, 2.05) is 0 Å². The lowest BCUT2D eigenvalue weighted by Crippen LogP contribution is -2.22. The van der Waals surface area contributed by atoms with Crippen LogP contribution in [0.3, 0.4) is 0 Å². The molecule has 4 heteroatoms. The van der Waals surface area contributed by atoms with Crippen LogP contribution in [0.15, 0.2) is 0 Å². The van der Waals surface area contributed by atoms with Crippen LogP contribution < -0.4 is 5.32 Å². The van der Waals surface area contributed by atoms with Gasteiger partial charge in [0.1, 0.15) is 5.82 Å². The Labute approximate surface area is 117 Å². The molecule has 0 spiro atoms. The first-order valence-electron chi connectivity index (χ1n) is 7.21. The summed E-state index contributed by atoms with van der Waals surface area (Å²) in [6.45, 7) is 8.97. The summed E-state index contributed by atoms with van der Waals surface area (Å²) in [6.07, 6.45) is 4.32. The van der Waals surface area contributed by atoms with E-state index in [4.69, 9.17) is 4.74 Å². The minimum atomic E-state index is 0.754. The molecule has 0 radical (unpaired) electrons. The zero-order chi connectivity index (χ0) is 14.1. The van der Waals surface area contributed by atoms with Crippen molar-refractivity contribution in [3.63, 3.8) is 0 Å². The molecule has 0 aliphatic carbocycles. The molecule has 1 aromatic heterocycles. The molecule has 0 atom stereocenters. The molecule has 0 aliphatic rings. The molecule has 0 saturated heterocycles. The van der Waals surface area contributed by atoms with E-state index in [2.05, 4.69) is 36.1 Å². The van der Waals surface area contributed by atoms with Gasteiger partial charge in [-0.3, -0.25) is 0 Å². The molecular formula is C15H27N3O. The van der Waals surface area contributed by atoms with Gasteiger partial charge in [-0.1, -0.05) is 13.3 Å². The van der Waals surface area contributed by atoms with Crippen LogP contribution in [0, 0.1) is 13.8 Å². The zero-order valence-electron chi connectivity index (χ0n) is 12.8. The van der Waals surface area contributed by atoms with E-state index in [1.165, 1.54) is 12.0 Å². The van der Waals surface area contributed by atoms with Gasteiger partial charge in [0.25, 0.3) is 0 Å². The van der Waals surface area contributed by atoms with Crippen LogP contribution in [0.2, 0.25) is 0 Å². The van der Waals surface area contributed by atoms with Crippen LogP contribution in [-0.2, 0) is 17.6 Å². The molecule has 0 unspecified atom stereocenters. The number of ether oxygens (including phenoxy) is 1. The van der Waals surface area contributed by atoms with E-state index < -0.39 is 0 Å². The largest absolute Gasteiger partial charge is 0.383 e. The van der Waals surface area contributed by atoms with Gasteiger partial charge >= 0.3 is 0 Å². The number of aromatic nitrogens is 2. The number of unbranched alkanes of at least 4 members (excludes halogenated alkanes) is 1. The van der Waals surface area contributed by atoms with Gasteiger partial charge in [-0.05, 0) is 38.8 Å². The third-order valence-electron chi connectivity index (χ3n) is 3.26. The van der Waals surface area contributed by atoms with Crippen molar-refractivity contribution in [2.75, 3.05) is 26.8 Å². The minimum Gasteiger partial charge on any atom is -0.383 e. The highest BCUT2D eigenvalue weighted by Gasteiger charge is 2.07. The van der Waals surface area contributed by atoms with Gasteiger partial charge in [0.05, 0.1) is 6.61 Å². The van der Waals surface area contributed by atoms with Crippen molar-refractivity contribution >= 4 is 0 Å². The van der Waals surface area contributed by atoms with Crippen molar-refractivity contribution in [2.24, 2.45) is 0 Å². The number of hydrogen-bond acceptors (Lipinski definition) is 4. The van der Waals surface area contributed by atoms with Gasteiger partial charge in [-0.25, -0.2) is 9.97 Å². The highest BCUT2D eigenvalue weighted by molar-refractivity contribution is 5.24. The first-order chi connectivity index (χ1) is 9.19. The Balaban J connectivity index is 2.53. The molecule has 0 aliphatic heterocycles.